The summed E-state index contributed by atoms with van der Waals surface area (Å²) in [6, 6.07) is 15.9. The number of unbranched alkanes of at least 4 members (excludes halogenated alkanes) is 1. The van der Waals surface area contributed by atoms with E-state index in [2.05, 4.69) is 45.0 Å². The van der Waals surface area contributed by atoms with Crippen LogP contribution in [0.1, 0.15) is 39.2 Å². The molecule has 3 nitrogen and oxygen atoms in total. The number of rotatable bonds is 8. The molecule has 2 aromatic carbocycles. The average Bonchev–Trinajstić information content (AvgIpc) is 2.52. The summed E-state index contributed by atoms with van der Waals surface area (Å²) < 4.78 is 11.5. The minimum absolute atomic E-state index is 0.312. The molecule has 0 unspecified atom stereocenters. The van der Waals surface area contributed by atoms with Crippen LogP contribution >= 0.6 is 0 Å². The molecule has 0 atom stereocenters. The van der Waals surface area contributed by atoms with Crippen molar-refractivity contribution in [2.24, 2.45) is 5.41 Å². The number of nitrogen functional groups attached to an aromatic ring is 1. The standard InChI is InChI=1S/C21H29NO2/c1-21(2,3)16-17-6-10-19(11-7-17)23-14-4-5-15-24-20-12-8-18(22)9-13-20/h6-13H,4-5,14-16,22H2,1-3H3. The molecule has 0 fully saturated rings. The molecule has 130 valence electrons. The van der Waals surface area contributed by atoms with Crippen molar-refractivity contribution >= 4 is 5.69 Å². The summed E-state index contributed by atoms with van der Waals surface area (Å²) in [6.07, 6.45) is 3.01. The first-order valence-electron chi connectivity index (χ1n) is 8.62. The van der Waals surface area contributed by atoms with E-state index in [9.17, 15) is 0 Å². The Labute approximate surface area is 145 Å². The number of benzene rings is 2. The van der Waals surface area contributed by atoms with E-state index in [0.717, 1.165) is 36.4 Å². The molecule has 3 heteroatoms. The first kappa shape index (κ1) is 18.2. The highest BCUT2D eigenvalue weighted by Crippen LogP contribution is 2.22. The predicted molar refractivity (Wildman–Crippen MR) is 101 cm³/mol. The summed E-state index contributed by atoms with van der Waals surface area (Å²) >= 11 is 0. The van der Waals surface area contributed by atoms with E-state index in [-0.39, 0.29) is 0 Å². The lowest BCUT2D eigenvalue weighted by atomic mass is 9.88. The molecule has 0 aliphatic heterocycles. The van der Waals surface area contributed by atoms with Gasteiger partial charge in [-0.05, 0) is 66.6 Å². The molecule has 2 rings (SSSR count). The predicted octanol–water partition coefficient (Wildman–Crippen LogP) is 5.10. The van der Waals surface area contributed by atoms with Crippen LogP contribution in [0.2, 0.25) is 0 Å². The van der Waals surface area contributed by atoms with E-state index in [1.165, 1.54) is 5.56 Å². The zero-order chi connectivity index (χ0) is 17.4. The summed E-state index contributed by atoms with van der Waals surface area (Å²) in [6.45, 7) is 8.17. The van der Waals surface area contributed by atoms with Crippen LogP contribution in [0.25, 0.3) is 0 Å². The summed E-state index contributed by atoms with van der Waals surface area (Å²) in [4.78, 5) is 0. The van der Waals surface area contributed by atoms with Gasteiger partial charge in [0.25, 0.3) is 0 Å². The third-order valence-corrected chi connectivity index (χ3v) is 3.61. The number of anilines is 1. The number of nitrogens with two attached hydrogens (primary N) is 1. The van der Waals surface area contributed by atoms with Crippen molar-refractivity contribution in [1.29, 1.82) is 0 Å². The maximum absolute atomic E-state index is 5.79. The van der Waals surface area contributed by atoms with Crippen LogP contribution in [0.4, 0.5) is 5.69 Å². The first-order valence-corrected chi connectivity index (χ1v) is 8.62. The zero-order valence-electron chi connectivity index (χ0n) is 15.0. The van der Waals surface area contributed by atoms with E-state index >= 15 is 0 Å². The molecular formula is C21H29NO2. The Morgan fingerprint density at radius 1 is 0.750 bits per heavy atom. The van der Waals surface area contributed by atoms with Gasteiger partial charge in [-0.25, -0.2) is 0 Å². The van der Waals surface area contributed by atoms with E-state index in [4.69, 9.17) is 15.2 Å². The highest BCUT2D eigenvalue weighted by atomic mass is 16.5. The molecule has 24 heavy (non-hydrogen) atoms. The minimum Gasteiger partial charge on any atom is -0.494 e. The molecule has 0 bridgehead atoms. The Hall–Kier alpha value is -2.16. The summed E-state index contributed by atoms with van der Waals surface area (Å²) in [5, 5.41) is 0. The van der Waals surface area contributed by atoms with Crippen molar-refractivity contribution in [2.45, 2.75) is 40.0 Å². The molecule has 0 spiro atoms. The average molecular weight is 327 g/mol. The second-order valence-corrected chi connectivity index (χ2v) is 7.35. The van der Waals surface area contributed by atoms with Gasteiger partial charge < -0.3 is 15.2 Å². The Kier molecular flexibility index (Phi) is 6.53. The summed E-state index contributed by atoms with van der Waals surface area (Å²) in [5.41, 5.74) is 8.06. The van der Waals surface area contributed by atoms with Crippen LogP contribution in [0.15, 0.2) is 48.5 Å². The maximum Gasteiger partial charge on any atom is 0.119 e. The molecule has 0 amide bonds. The van der Waals surface area contributed by atoms with Gasteiger partial charge in [-0.2, -0.15) is 0 Å². The van der Waals surface area contributed by atoms with E-state index in [0.29, 0.717) is 18.6 Å². The first-order chi connectivity index (χ1) is 11.4. The quantitative estimate of drug-likeness (QED) is 0.542. The molecule has 0 saturated heterocycles. The van der Waals surface area contributed by atoms with Gasteiger partial charge in [-0.3, -0.25) is 0 Å². The summed E-state index contributed by atoms with van der Waals surface area (Å²) in [7, 11) is 0. The van der Waals surface area contributed by atoms with Gasteiger partial charge in [-0.1, -0.05) is 32.9 Å². The highest BCUT2D eigenvalue weighted by Gasteiger charge is 2.10. The van der Waals surface area contributed by atoms with E-state index < -0.39 is 0 Å². The topological polar surface area (TPSA) is 44.5 Å². The van der Waals surface area contributed by atoms with Crippen LogP contribution in [-0.2, 0) is 6.42 Å². The fraction of sp³-hybridized carbons (Fsp3) is 0.429. The van der Waals surface area contributed by atoms with Crippen molar-refractivity contribution in [3.05, 3.63) is 54.1 Å². The lowest BCUT2D eigenvalue weighted by Crippen LogP contribution is -2.09. The Morgan fingerprint density at radius 3 is 1.67 bits per heavy atom. The SMILES string of the molecule is CC(C)(C)Cc1ccc(OCCCCOc2ccc(N)cc2)cc1. The molecule has 0 aromatic heterocycles. The number of hydrogen-bond acceptors (Lipinski definition) is 3. The third-order valence-electron chi connectivity index (χ3n) is 3.61. The van der Waals surface area contributed by atoms with E-state index in [1.807, 2.05) is 24.3 Å². The molecule has 0 aliphatic carbocycles. The Balaban J connectivity index is 1.61. The van der Waals surface area contributed by atoms with Gasteiger partial charge in [0.1, 0.15) is 11.5 Å². The molecule has 2 aromatic rings. The number of ether oxygens (including phenoxy) is 2. The van der Waals surface area contributed by atoms with Crippen molar-refractivity contribution in [3.63, 3.8) is 0 Å². The van der Waals surface area contributed by atoms with Crippen molar-refractivity contribution in [1.82, 2.24) is 0 Å². The smallest absolute Gasteiger partial charge is 0.119 e. The van der Waals surface area contributed by atoms with Crippen LogP contribution in [-0.4, -0.2) is 13.2 Å². The fourth-order valence-corrected chi connectivity index (χ4v) is 2.46. The maximum atomic E-state index is 5.79. The van der Waals surface area contributed by atoms with Gasteiger partial charge >= 0.3 is 0 Å². The van der Waals surface area contributed by atoms with Crippen molar-refractivity contribution in [3.8, 4) is 11.5 Å². The van der Waals surface area contributed by atoms with Gasteiger partial charge in [0, 0.05) is 5.69 Å². The molecule has 0 radical (unpaired) electrons. The lowest BCUT2D eigenvalue weighted by molar-refractivity contribution is 0.266. The third kappa shape index (κ3) is 6.95. The second-order valence-electron chi connectivity index (χ2n) is 7.35. The van der Waals surface area contributed by atoms with Crippen molar-refractivity contribution < 1.29 is 9.47 Å². The fourth-order valence-electron chi connectivity index (χ4n) is 2.46. The monoisotopic (exact) mass is 327 g/mol. The zero-order valence-corrected chi connectivity index (χ0v) is 15.0. The molecular weight excluding hydrogens is 298 g/mol. The van der Waals surface area contributed by atoms with Crippen LogP contribution in [0, 0.1) is 5.41 Å². The van der Waals surface area contributed by atoms with Crippen LogP contribution in [0.5, 0.6) is 11.5 Å². The normalized spacial score (nSPS) is 11.3. The summed E-state index contributed by atoms with van der Waals surface area (Å²) in [5.74, 6) is 1.80. The largest absolute Gasteiger partial charge is 0.494 e. The molecule has 0 aliphatic rings. The van der Waals surface area contributed by atoms with Crippen molar-refractivity contribution in [2.75, 3.05) is 18.9 Å². The minimum atomic E-state index is 0.312. The second kappa shape index (κ2) is 8.62. The number of hydrogen-bond donors (Lipinski definition) is 1. The van der Waals surface area contributed by atoms with Gasteiger partial charge in [-0.15, -0.1) is 0 Å². The van der Waals surface area contributed by atoms with Gasteiger partial charge in [0.2, 0.25) is 0 Å². The van der Waals surface area contributed by atoms with Gasteiger partial charge in [0.05, 0.1) is 13.2 Å². The highest BCUT2D eigenvalue weighted by molar-refractivity contribution is 5.41. The van der Waals surface area contributed by atoms with Gasteiger partial charge in [0.15, 0.2) is 0 Å². The molecule has 2 N–H and O–H groups in total. The lowest BCUT2D eigenvalue weighted by Gasteiger charge is -2.18. The van der Waals surface area contributed by atoms with Crippen LogP contribution in [0.3, 0.4) is 0 Å². The Bertz CT molecular complexity index is 597. The molecule has 0 saturated carbocycles. The van der Waals surface area contributed by atoms with Crippen LogP contribution < -0.4 is 15.2 Å². The van der Waals surface area contributed by atoms with E-state index in [1.54, 1.807) is 0 Å². The Morgan fingerprint density at radius 2 is 1.21 bits per heavy atom. The molecule has 0 heterocycles.